The zero-order valence-electron chi connectivity index (χ0n) is 11.7. The first-order valence-corrected chi connectivity index (χ1v) is 8.86. The molecule has 6 saturated carbocycles. The molecule has 0 radical (unpaired) electrons. The number of rotatable bonds is 1. The third kappa shape index (κ3) is 0.674. The molecule has 0 aromatic rings. The van der Waals surface area contributed by atoms with Gasteiger partial charge in [-0.15, -0.1) is 0 Å². The van der Waals surface area contributed by atoms with Crippen molar-refractivity contribution in [2.75, 3.05) is 26.4 Å². The van der Waals surface area contributed by atoms with Gasteiger partial charge in [-0.05, 0) is 23.7 Å². The molecule has 2 aliphatic heterocycles. The Kier molecular flexibility index (Phi) is 1.62. The zero-order valence-corrected chi connectivity index (χ0v) is 13.2. The average Bonchev–Trinajstić information content (AvgIpc) is 3.23. The van der Waals surface area contributed by atoms with Crippen LogP contribution in [0.2, 0.25) is 0 Å². The minimum atomic E-state index is -0.950. The Morgan fingerprint density at radius 2 is 1.27 bits per heavy atom. The molecule has 8 rings (SSSR count). The second kappa shape index (κ2) is 2.92. The Bertz CT molecular complexity index is 654. The van der Waals surface area contributed by atoms with Crippen molar-refractivity contribution < 1.29 is 28.8 Å². The Hall–Kier alpha value is -0.210. The molecule has 2 heterocycles. The van der Waals surface area contributed by atoms with Gasteiger partial charge in [0, 0.05) is 11.8 Å². The highest BCUT2D eigenvalue weighted by Gasteiger charge is 3.10. The molecule has 22 heavy (non-hydrogen) atoms. The lowest BCUT2D eigenvalue weighted by Crippen LogP contribution is -2.77. The maximum atomic E-state index is 12.4. The van der Waals surface area contributed by atoms with Gasteiger partial charge >= 0.3 is 5.97 Å². The number of carbonyl (C=O) groups is 1. The van der Waals surface area contributed by atoms with Crippen LogP contribution in [0.3, 0.4) is 0 Å². The van der Waals surface area contributed by atoms with E-state index in [-0.39, 0.29) is 33.9 Å². The summed E-state index contributed by atoms with van der Waals surface area (Å²) in [6, 6.07) is 0. The minimum absolute atomic E-state index is 0.0422. The Morgan fingerprint density at radius 1 is 0.818 bits per heavy atom. The predicted molar refractivity (Wildman–Crippen MR) is 71.9 cm³/mol. The predicted octanol–water partition coefficient (Wildman–Crippen LogP) is 0.442. The van der Waals surface area contributed by atoms with Crippen LogP contribution < -0.4 is 0 Å². The Balaban J connectivity index is 1.54. The summed E-state index contributed by atoms with van der Waals surface area (Å²) >= 11 is 3.97. The molecule has 2 saturated heterocycles. The summed E-state index contributed by atoms with van der Waals surface area (Å²) in [6.45, 7) is 2.14. The zero-order chi connectivity index (χ0) is 14.7. The fourth-order valence-electron chi connectivity index (χ4n) is 8.27. The third-order valence-corrected chi connectivity index (χ3v) is 9.73. The van der Waals surface area contributed by atoms with Gasteiger partial charge in [-0.2, -0.15) is 0 Å². The van der Waals surface area contributed by atoms with E-state index in [9.17, 15) is 9.90 Å². The first kappa shape index (κ1) is 12.2. The third-order valence-electron chi connectivity index (χ3n) is 8.12. The summed E-state index contributed by atoms with van der Waals surface area (Å²) < 4.78 is 24.2. The first-order valence-electron chi connectivity index (χ1n) is 8.07. The molecule has 6 aliphatic carbocycles. The van der Waals surface area contributed by atoms with E-state index in [1.54, 1.807) is 0 Å². The van der Waals surface area contributed by atoms with E-state index in [4.69, 9.17) is 18.9 Å². The molecule has 0 aromatic carbocycles. The fraction of sp³-hybridized carbons (Fsp3) is 0.933. The van der Waals surface area contributed by atoms with E-state index < -0.39 is 23.0 Å². The van der Waals surface area contributed by atoms with Crippen LogP contribution in [0.4, 0.5) is 0 Å². The highest BCUT2D eigenvalue weighted by molar-refractivity contribution is 9.10. The molecule has 0 aromatic heterocycles. The van der Waals surface area contributed by atoms with Crippen LogP contribution in [-0.4, -0.2) is 53.4 Å². The molecule has 0 unspecified atom stereocenters. The van der Waals surface area contributed by atoms with Gasteiger partial charge in [-0.25, -0.2) is 0 Å². The van der Waals surface area contributed by atoms with Crippen LogP contribution in [-0.2, 0) is 23.7 Å². The van der Waals surface area contributed by atoms with Crippen LogP contribution in [0.1, 0.15) is 0 Å². The molecule has 7 heteroatoms. The van der Waals surface area contributed by atoms with Gasteiger partial charge in [-0.1, -0.05) is 15.9 Å². The van der Waals surface area contributed by atoms with E-state index in [1.165, 1.54) is 0 Å². The smallest absolute Gasteiger partial charge is 0.315 e. The van der Waals surface area contributed by atoms with Gasteiger partial charge in [0.15, 0.2) is 11.6 Å². The lowest BCUT2D eigenvalue weighted by molar-refractivity contribution is -0.291. The molecule has 118 valence electrons. The second-order valence-corrected chi connectivity index (χ2v) is 9.14. The molecule has 0 amide bonds. The largest absolute Gasteiger partial charge is 0.481 e. The summed E-state index contributed by atoms with van der Waals surface area (Å²) in [4.78, 5) is 12.4. The molecule has 8 atom stereocenters. The van der Waals surface area contributed by atoms with E-state index in [0.29, 0.717) is 32.3 Å². The molecule has 8 fully saturated rings. The standard InChI is InChI=1S/C15H15BrO6/c16-13-7-5-8(13)10-9(15(13)21-3-4-22-15)6(7)12(5,11(17)18)14(10)19-1-2-20-14/h5-10H,1-4H2,(H,17,18)/t5-,6-,7-,8-,9-,10+,12-,13-/m0/s1. The lowest BCUT2D eigenvalue weighted by Gasteiger charge is -2.70. The van der Waals surface area contributed by atoms with Crippen LogP contribution >= 0.6 is 15.9 Å². The number of hydrogen-bond acceptors (Lipinski definition) is 5. The highest BCUT2D eigenvalue weighted by atomic mass is 79.9. The summed E-state index contributed by atoms with van der Waals surface area (Å²) in [5.41, 5.74) is -0.885. The quantitative estimate of drug-likeness (QED) is 0.675. The van der Waals surface area contributed by atoms with Crippen molar-refractivity contribution in [3.8, 4) is 0 Å². The number of hydrogen-bond donors (Lipinski definition) is 1. The molecular formula is C15H15BrO6. The van der Waals surface area contributed by atoms with E-state index in [0.717, 1.165) is 0 Å². The SMILES string of the molecule is O=C(O)[C@]12[C@@H]3[C@H]4[C@H]([C@@H]5[C@@H]1[C@H]3[C@@]4(Br)C51OCCO1)C21OCCO1. The second-order valence-electron chi connectivity index (χ2n) is 7.83. The number of halogens is 1. The van der Waals surface area contributed by atoms with Crippen molar-refractivity contribution in [2.45, 2.75) is 15.9 Å². The van der Waals surface area contributed by atoms with Gasteiger partial charge < -0.3 is 24.1 Å². The van der Waals surface area contributed by atoms with E-state index in [1.807, 2.05) is 0 Å². The van der Waals surface area contributed by atoms with E-state index >= 15 is 0 Å². The summed E-state index contributed by atoms with van der Waals surface area (Å²) in [7, 11) is 0. The van der Waals surface area contributed by atoms with Gasteiger partial charge in [0.05, 0.1) is 30.8 Å². The van der Waals surface area contributed by atoms with Gasteiger partial charge in [0.2, 0.25) is 0 Å². The molecule has 8 aliphatic rings. The van der Waals surface area contributed by atoms with E-state index in [2.05, 4.69) is 15.9 Å². The van der Waals surface area contributed by atoms with Crippen LogP contribution in [0, 0.1) is 40.9 Å². The van der Waals surface area contributed by atoms with Crippen LogP contribution in [0.5, 0.6) is 0 Å². The number of aliphatic carboxylic acids is 1. The first-order chi connectivity index (χ1) is 10.6. The van der Waals surface area contributed by atoms with Crippen molar-refractivity contribution in [1.29, 1.82) is 0 Å². The normalized spacial score (nSPS) is 65.5. The highest BCUT2D eigenvalue weighted by Crippen LogP contribution is 3.01. The number of carboxylic acid groups (broad SMARTS) is 1. The van der Waals surface area contributed by atoms with Gasteiger partial charge in [0.25, 0.3) is 0 Å². The number of ether oxygens (including phenoxy) is 4. The molecular weight excluding hydrogens is 356 g/mol. The van der Waals surface area contributed by atoms with Crippen LogP contribution in [0.25, 0.3) is 0 Å². The maximum Gasteiger partial charge on any atom is 0.315 e. The fourth-order valence-corrected chi connectivity index (χ4v) is 9.90. The molecule has 2 spiro atoms. The lowest BCUT2D eigenvalue weighted by atomic mass is 9.35. The van der Waals surface area contributed by atoms with Gasteiger partial charge in [-0.3, -0.25) is 4.79 Å². The summed E-state index contributed by atoms with van der Waals surface area (Å²) in [5.74, 6) is -1.49. The Labute approximate surface area is 134 Å². The Morgan fingerprint density at radius 3 is 1.86 bits per heavy atom. The van der Waals surface area contributed by atoms with Crippen molar-refractivity contribution in [1.82, 2.24) is 0 Å². The van der Waals surface area contributed by atoms with Crippen molar-refractivity contribution in [3.63, 3.8) is 0 Å². The summed E-state index contributed by atoms with van der Waals surface area (Å²) in [6.07, 6.45) is 0. The minimum Gasteiger partial charge on any atom is -0.481 e. The van der Waals surface area contributed by atoms with Crippen molar-refractivity contribution in [3.05, 3.63) is 0 Å². The molecule has 6 nitrogen and oxygen atoms in total. The molecule has 1 N–H and O–H groups in total. The van der Waals surface area contributed by atoms with Gasteiger partial charge in [0.1, 0.15) is 5.41 Å². The topological polar surface area (TPSA) is 74.2 Å². The monoisotopic (exact) mass is 370 g/mol. The maximum absolute atomic E-state index is 12.4. The number of alkyl halides is 1. The number of carboxylic acids is 1. The van der Waals surface area contributed by atoms with Crippen molar-refractivity contribution in [2.24, 2.45) is 40.9 Å². The summed E-state index contributed by atoms with van der Waals surface area (Å²) in [5, 5.41) is 10.1. The average molecular weight is 371 g/mol. The molecule has 4 bridgehead atoms. The van der Waals surface area contributed by atoms with Crippen molar-refractivity contribution >= 4 is 21.9 Å². The van der Waals surface area contributed by atoms with Crippen LogP contribution in [0.15, 0.2) is 0 Å².